The average molecular weight is 275 g/mol. The topological polar surface area (TPSA) is 45.7 Å². The monoisotopic (exact) mass is 275 g/mol. The van der Waals surface area contributed by atoms with Crippen LogP contribution in [0, 0.1) is 6.92 Å². The van der Waals surface area contributed by atoms with Gasteiger partial charge in [-0.3, -0.25) is 0 Å². The number of nitrogens with one attached hydrogen (secondary N) is 2. The third-order valence-electron chi connectivity index (χ3n) is 2.69. The Morgan fingerprint density at radius 1 is 1.40 bits per heavy atom. The van der Waals surface area contributed by atoms with Crippen molar-refractivity contribution in [3.8, 4) is 5.75 Å². The number of hydrogen-bond donors (Lipinski definition) is 2. The number of ether oxygens (including phenoxy) is 1. The van der Waals surface area contributed by atoms with Gasteiger partial charge in [-0.15, -0.1) is 6.58 Å². The quantitative estimate of drug-likeness (QED) is 0.456. The van der Waals surface area contributed by atoms with Crippen molar-refractivity contribution >= 4 is 5.96 Å². The van der Waals surface area contributed by atoms with E-state index in [-0.39, 0.29) is 6.10 Å². The van der Waals surface area contributed by atoms with Gasteiger partial charge in [0.1, 0.15) is 11.9 Å². The molecule has 1 aromatic rings. The summed E-state index contributed by atoms with van der Waals surface area (Å²) in [5.41, 5.74) is 1.14. The molecule has 1 rings (SSSR count). The van der Waals surface area contributed by atoms with Crippen LogP contribution >= 0.6 is 0 Å². The van der Waals surface area contributed by atoms with E-state index in [2.05, 4.69) is 22.2 Å². The molecule has 0 amide bonds. The van der Waals surface area contributed by atoms with Crippen molar-refractivity contribution in [1.82, 2.24) is 10.6 Å². The molecule has 0 aliphatic heterocycles. The van der Waals surface area contributed by atoms with E-state index < -0.39 is 0 Å². The van der Waals surface area contributed by atoms with Crippen LogP contribution in [0.4, 0.5) is 0 Å². The van der Waals surface area contributed by atoms with Gasteiger partial charge in [0, 0.05) is 13.1 Å². The molecular weight excluding hydrogens is 250 g/mol. The average Bonchev–Trinajstić information content (AvgIpc) is 2.44. The van der Waals surface area contributed by atoms with Gasteiger partial charge in [0.25, 0.3) is 0 Å². The molecule has 0 radical (unpaired) electrons. The van der Waals surface area contributed by atoms with E-state index in [9.17, 15) is 0 Å². The largest absolute Gasteiger partial charge is 0.489 e. The van der Waals surface area contributed by atoms with Crippen LogP contribution in [0.1, 0.15) is 19.4 Å². The first-order valence-corrected chi connectivity index (χ1v) is 7.02. The SMILES string of the molecule is C=CCNC(=NCC(C)Oc1ccccc1C)NCC. The number of benzene rings is 1. The van der Waals surface area contributed by atoms with Gasteiger partial charge in [0.2, 0.25) is 0 Å². The first-order valence-electron chi connectivity index (χ1n) is 7.02. The summed E-state index contributed by atoms with van der Waals surface area (Å²) in [4.78, 5) is 4.50. The Morgan fingerprint density at radius 3 is 2.80 bits per heavy atom. The summed E-state index contributed by atoms with van der Waals surface area (Å²) >= 11 is 0. The van der Waals surface area contributed by atoms with E-state index in [1.54, 1.807) is 6.08 Å². The molecule has 0 saturated carbocycles. The third kappa shape index (κ3) is 5.78. The zero-order chi connectivity index (χ0) is 14.8. The molecule has 1 atom stereocenters. The van der Waals surface area contributed by atoms with Gasteiger partial charge in [-0.25, -0.2) is 4.99 Å². The molecule has 20 heavy (non-hydrogen) atoms. The van der Waals surface area contributed by atoms with Crippen LogP contribution in [0.5, 0.6) is 5.75 Å². The fourth-order valence-electron chi connectivity index (χ4n) is 1.67. The van der Waals surface area contributed by atoms with Gasteiger partial charge in [-0.05, 0) is 32.4 Å². The van der Waals surface area contributed by atoms with Crippen LogP contribution in [-0.2, 0) is 0 Å². The molecule has 0 saturated heterocycles. The van der Waals surface area contributed by atoms with E-state index >= 15 is 0 Å². The summed E-state index contributed by atoms with van der Waals surface area (Å²) in [7, 11) is 0. The number of para-hydroxylation sites is 1. The Balaban J connectivity index is 2.53. The first kappa shape index (κ1) is 16.1. The predicted molar refractivity (Wildman–Crippen MR) is 85.4 cm³/mol. The van der Waals surface area contributed by atoms with Crippen molar-refractivity contribution in [2.24, 2.45) is 4.99 Å². The van der Waals surface area contributed by atoms with Crippen molar-refractivity contribution in [2.45, 2.75) is 26.9 Å². The minimum absolute atomic E-state index is 0.0234. The summed E-state index contributed by atoms with van der Waals surface area (Å²) < 4.78 is 5.90. The van der Waals surface area contributed by atoms with Crippen LogP contribution in [0.3, 0.4) is 0 Å². The Kier molecular flexibility index (Phi) is 7.25. The second kappa shape index (κ2) is 9.02. The van der Waals surface area contributed by atoms with Gasteiger partial charge >= 0.3 is 0 Å². The number of aryl methyl sites for hydroxylation is 1. The highest BCUT2D eigenvalue weighted by Gasteiger charge is 2.06. The Labute approximate surface area is 121 Å². The van der Waals surface area contributed by atoms with Crippen LogP contribution in [0.15, 0.2) is 41.9 Å². The summed E-state index contributed by atoms with van der Waals surface area (Å²) in [6.07, 6.45) is 1.83. The molecule has 0 heterocycles. The molecule has 110 valence electrons. The fraction of sp³-hybridized carbons (Fsp3) is 0.438. The normalized spacial score (nSPS) is 12.7. The second-order valence-corrected chi connectivity index (χ2v) is 4.58. The molecule has 0 spiro atoms. The zero-order valence-corrected chi connectivity index (χ0v) is 12.6. The van der Waals surface area contributed by atoms with Crippen LogP contribution in [0.25, 0.3) is 0 Å². The highest BCUT2D eigenvalue weighted by atomic mass is 16.5. The van der Waals surface area contributed by atoms with E-state index in [1.807, 2.05) is 45.0 Å². The molecule has 4 nitrogen and oxygen atoms in total. The van der Waals surface area contributed by atoms with Gasteiger partial charge in [0.15, 0.2) is 5.96 Å². The van der Waals surface area contributed by atoms with Crippen molar-refractivity contribution in [3.05, 3.63) is 42.5 Å². The van der Waals surface area contributed by atoms with Gasteiger partial charge < -0.3 is 15.4 Å². The molecule has 0 aromatic heterocycles. The third-order valence-corrected chi connectivity index (χ3v) is 2.69. The van der Waals surface area contributed by atoms with Gasteiger partial charge in [0.05, 0.1) is 6.54 Å². The molecule has 4 heteroatoms. The maximum Gasteiger partial charge on any atom is 0.191 e. The Bertz CT molecular complexity index is 443. The van der Waals surface area contributed by atoms with Crippen LogP contribution < -0.4 is 15.4 Å². The Hall–Kier alpha value is -1.97. The van der Waals surface area contributed by atoms with E-state index in [4.69, 9.17) is 4.74 Å². The second-order valence-electron chi connectivity index (χ2n) is 4.58. The Morgan fingerprint density at radius 2 is 2.15 bits per heavy atom. The van der Waals surface area contributed by atoms with E-state index in [1.165, 1.54) is 0 Å². The molecule has 1 unspecified atom stereocenters. The maximum atomic E-state index is 5.90. The molecule has 1 aromatic carbocycles. The molecule has 0 aliphatic carbocycles. The maximum absolute atomic E-state index is 5.90. The zero-order valence-electron chi connectivity index (χ0n) is 12.6. The lowest BCUT2D eigenvalue weighted by Gasteiger charge is -2.16. The smallest absolute Gasteiger partial charge is 0.191 e. The molecular formula is C16H25N3O. The molecule has 0 aliphatic rings. The summed E-state index contributed by atoms with van der Waals surface area (Å²) in [5, 5.41) is 6.35. The summed E-state index contributed by atoms with van der Waals surface area (Å²) in [6, 6.07) is 8.01. The molecule has 2 N–H and O–H groups in total. The first-order chi connectivity index (χ1) is 9.67. The standard InChI is InChI=1S/C16H25N3O/c1-5-11-18-16(17-6-2)19-12-14(4)20-15-10-8-7-9-13(15)3/h5,7-10,14H,1,6,11-12H2,2-4H3,(H2,17,18,19). The van der Waals surface area contributed by atoms with E-state index in [0.717, 1.165) is 23.8 Å². The number of hydrogen-bond acceptors (Lipinski definition) is 2. The van der Waals surface area contributed by atoms with Crippen molar-refractivity contribution in [1.29, 1.82) is 0 Å². The highest BCUT2D eigenvalue weighted by molar-refractivity contribution is 5.79. The minimum Gasteiger partial charge on any atom is -0.489 e. The number of rotatable bonds is 7. The van der Waals surface area contributed by atoms with Gasteiger partial charge in [-0.2, -0.15) is 0 Å². The van der Waals surface area contributed by atoms with Crippen molar-refractivity contribution < 1.29 is 4.74 Å². The molecule has 0 bridgehead atoms. The summed E-state index contributed by atoms with van der Waals surface area (Å²) in [6.45, 7) is 11.9. The lowest BCUT2D eigenvalue weighted by Crippen LogP contribution is -2.38. The van der Waals surface area contributed by atoms with Gasteiger partial charge in [-0.1, -0.05) is 24.3 Å². The van der Waals surface area contributed by atoms with Crippen LogP contribution in [-0.4, -0.2) is 31.7 Å². The minimum atomic E-state index is 0.0234. The van der Waals surface area contributed by atoms with E-state index in [0.29, 0.717) is 13.1 Å². The lowest BCUT2D eigenvalue weighted by molar-refractivity contribution is 0.228. The van der Waals surface area contributed by atoms with Crippen molar-refractivity contribution in [2.75, 3.05) is 19.6 Å². The number of aliphatic imine (C=N–C) groups is 1. The fourth-order valence-corrected chi connectivity index (χ4v) is 1.67. The number of guanidine groups is 1. The number of nitrogens with zero attached hydrogens (tertiary/aromatic N) is 1. The van der Waals surface area contributed by atoms with Crippen molar-refractivity contribution in [3.63, 3.8) is 0 Å². The highest BCUT2D eigenvalue weighted by Crippen LogP contribution is 2.17. The lowest BCUT2D eigenvalue weighted by atomic mass is 10.2. The summed E-state index contributed by atoms with van der Waals surface area (Å²) in [5.74, 6) is 1.70. The predicted octanol–water partition coefficient (Wildman–Crippen LogP) is 2.50. The molecule has 0 fully saturated rings. The van der Waals surface area contributed by atoms with Crippen LogP contribution in [0.2, 0.25) is 0 Å².